The Morgan fingerprint density at radius 1 is 1.14 bits per heavy atom. The van der Waals surface area contributed by atoms with Crippen molar-refractivity contribution >= 4 is 15.8 Å². The molecule has 0 saturated carbocycles. The molecule has 1 aromatic heterocycles. The van der Waals surface area contributed by atoms with Crippen LogP contribution >= 0.6 is 0 Å². The van der Waals surface area contributed by atoms with E-state index in [-0.39, 0.29) is 10.9 Å². The van der Waals surface area contributed by atoms with Crippen molar-refractivity contribution in [3.63, 3.8) is 0 Å². The second kappa shape index (κ2) is 6.24. The Bertz CT molecular complexity index is 712. The molecule has 5 nitrogen and oxygen atoms in total. The van der Waals surface area contributed by atoms with Crippen LogP contribution in [0, 0.1) is 6.92 Å². The Kier molecular flexibility index (Phi) is 4.59. The molecule has 0 spiro atoms. The van der Waals surface area contributed by atoms with E-state index in [9.17, 15) is 8.42 Å². The quantitative estimate of drug-likeness (QED) is 0.890. The van der Waals surface area contributed by atoms with Gasteiger partial charge in [0, 0.05) is 12.2 Å². The fourth-order valence-electron chi connectivity index (χ4n) is 1.88. The van der Waals surface area contributed by atoms with Crippen LogP contribution in [0.4, 0.5) is 5.82 Å². The van der Waals surface area contributed by atoms with E-state index in [0.29, 0.717) is 5.82 Å². The van der Waals surface area contributed by atoms with E-state index in [2.05, 4.69) is 15.0 Å². The van der Waals surface area contributed by atoms with E-state index < -0.39 is 10.0 Å². The minimum Gasteiger partial charge on any atom is -0.313 e. The van der Waals surface area contributed by atoms with Crippen LogP contribution in [0.1, 0.15) is 24.1 Å². The van der Waals surface area contributed by atoms with Gasteiger partial charge in [0.2, 0.25) is 0 Å². The first-order chi connectivity index (χ1) is 9.94. The van der Waals surface area contributed by atoms with Crippen molar-refractivity contribution in [3.05, 3.63) is 53.7 Å². The molecular formula is C15H19N3O2S. The second-order valence-corrected chi connectivity index (χ2v) is 6.54. The van der Waals surface area contributed by atoms with Gasteiger partial charge in [-0.25, -0.2) is 13.4 Å². The number of nitrogens with one attached hydrogen (secondary N) is 2. The van der Waals surface area contributed by atoms with Gasteiger partial charge in [-0.05, 0) is 50.2 Å². The maximum absolute atomic E-state index is 12.3. The van der Waals surface area contributed by atoms with Crippen molar-refractivity contribution in [2.45, 2.75) is 24.8 Å². The van der Waals surface area contributed by atoms with Crippen LogP contribution in [-0.2, 0) is 10.0 Å². The van der Waals surface area contributed by atoms with E-state index in [1.54, 1.807) is 36.5 Å². The van der Waals surface area contributed by atoms with Crippen LogP contribution in [0.15, 0.2) is 47.5 Å². The van der Waals surface area contributed by atoms with Gasteiger partial charge in [0.15, 0.2) is 0 Å². The monoisotopic (exact) mass is 305 g/mol. The third-order valence-corrected chi connectivity index (χ3v) is 4.72. The minimum atomic E-state index is -3.62. The predicted molar refractivity (Wildman–Crippen MR) is 83.7 cm³/mol. The number of benzene rings is 1. The minimum absolute atomic E-state index is 0.174. The molecule has 6 heteroatoms. The largest absolute Gasteiger partial charge is 0.313 e. The third-order valence-electron chi connectivity index (χ3n) is 3.36. The van der Waals surface area contributed by atoms with Crippen LogP contribution in [0.5, 0.6) is 0 Å². The molecule has 0 saturated heterocycles. The first-order valence-corrected chi connectivity index (χ1v) is 8.14. The number of sulfonamides is 1. The highest BCUT2D eigenvalue weighted by atomic mass is 32.2. The maximum Gasteiger partial charge on any atom is 0.263 e. The summed E-state index contributed by atoms with van der Waals surface area (Å²) in [5, 5.41) is 3.11. The molecule has 0 fully saturated rings. The van der Waals surface area contributed by atoms with Crippen LogP contribution in [0.2, 0.25) is 0 Å². The number of pyridine rings is 1. The van der Waals surface area contributed by atoms with Crippen molar-refractivity contribution in [2.24, 2.45) is 0 Å². The standard InChI is InChI=1S/C15H19N3O2S/c1-11-5-4-10-17-15(11)18-21(19,20)14-8-6-13(7-9-14)12(2)16-3/h4-10,12,16H,1-3H3,(H,17,18). The van der Waals surface area contributed by atoms with Crippen molar-refractivity contribution in [1.29, 1.82) is 0 Å². The lowest BCUT2D eigenvalue weighted by molar-refractivity contribution is 0.600. The van der Waals surface area contributed by atoms with Gasteiger partial charge in [-0.3, -0.25) is 4.72 Å². The summed E-state index contributed by atoms with van der Waals surface area (Å²) in [7, 11) is -1.76. The van der Waals surface area contributed by atoms with Crippen molar-refractivity contribution in [3.8, 4) is 0 Å². The van der Waals surface area contributed by atoms with Gasteiger partial charge in [-0.15, -0.1) is 0 Å². The molecule has 0 aliphatic carbocycles. The summed E-state index contributed by atoms with van der Waals surface area (Å²) < 4.78 is 27.2. The summed E-state index contributed by atoms with van der Waals surface area (Å²) in [6, 6.07) is 10.6. The summed E-state index contributed by atoms with van der Waals surface area (Å²) >= 11 is 0. The fraction of sp³-hybridized carbons (Fsp3) is 0.267. The van der Waals surface area contributed by atoms with Gasteiger partial charge in [0.1, 0.15) is 5.82 Å². The molecular weight excluding hydrogens is 286 g/mol. The molecule has 21 heavy (non-hydrogen) atoms. The number of aromatic nitrogens is 1. The van der Waals surface area contributed by atoms with Gasteiger partial charge < -0.3 is 5.32 Å². The highest BCUT2D eigenvalue weighted by Gasteiger charge is 2.16. The number of aryl methyl sites for hydroxylation is 1. The first-order valence-electron chi connectivity index (χ1n) is 6.65. The Balaban J connectivity index is 2.26. The van der Waals surface area contributed by atoms with Gasteiger partial charge in [-0.2, -0.15) is 0 Å². The van der Waals surface area contributed by atoms with E-state index in [4.69, 9.17) is 0 Å². The molecule has 1 aromatic carbocycles. The van der Waals surface area contributed by atoms with Gasteiger partial charge in [0.25, 0.3) is 10.0 Å². The van der Waals surface area contributed by atoms with E-state index in [1.807, 2.05) is 27.0 Å². The maximum atomic E-state index is 12.3. The molecule has 2 N–H and O–H groups in total. The predicted octanol–water partition coefficient (Wildman–Crippen LogP) is 2.47. The normalized spacial score (nSPS) is 12.9. The van der Waals surface area contributed by atoms with Crippen molar-refractivity contribution in [2.75, 3.05) is 11.8 Å². The van der Waals surface area contributed by atoms with Gasteiger partial charge >= 0.3 is 0 Å². The molecule has 112 valence electrons. The van der Waals surface area contributed by atoms with E-state index in [0.717, 1.165) is 11.1 Å². The molecule has 2 aromatic rings. The highest BCUT2D eigenvalue weighted by Crippen LogP contribution is 2.19. The van der Waals surface area contributed by atoms with Crippen LogP contribution in [0.3, 0.4) is 0 Å². The van der Waals surface area contributed by atoms with Gasteiger partial charge in [-0.1, -0.05) is 18.2 Å². The topological polar surface area (TPSA) is 71.1 Å². The number of hydrogen-bond donors (Lipinski definition) is 2. The summed E-state index contributed by atoms with van der Waals surface area (Å²) in [6.07, 6.45) is 1.56. The summed E-state index contributed by atoms with van der Waals surface area (Å²) in [6.45, 7) is 3.82. The van der Waals surface area contributed by atoms with Crippen LogP contribution in [0.25, 0.3) is 0 Å². The molecule has 1 unspecified atom stereocenters. The smallest absolute Gasteiger partial charge is 0.263 e. The molecule has 1 atom stereocenters. The molecule has 2 rings (SSSR count). The molecule has 0 radical (unpaired) electrons. The zero-order valence-corrected chi connectivity index (χ0v) is 13.1. The average Bonchev–Trinajstić information content (AvgIpc) is 2.49. The Morgan fingerprint density at radius 3 is 2.38 bits per heavy atom. The Labute approximate surface area is 125 Å². The average molecular weight is 305 g/mol. The highest BCUT2D eigenvalue weighted by molar-refractivity contribution is 7.92. The molecule has 0 aliphatic rings. The fourth-order valence-corrected chi connectivity index (χ4v) is 2.96. The zero-order chi connectivity index (χ0) is 15.5. The first kappa shape index (κ1) is 15.5. The SMILES string of the molecule is CNC(C)c1ccc(S(=O)(=O)Nc2ncccc2C)cc1. The molecule has 0 aliphatic heterocycles. The number of hydrogen-bond acceptors (Lipinski definition) is 4. The summed E-state index contributed by atoms with van der Waals surface area (Å²) in [5.41, 5.74) is 1.81. The molecule has 0 bridgehead atoms. The lowest BCUT2D eigenvalue weighted by Gasteiger charge is -2.12. The Hall–Kier alpha value is -1.92. The molecule has 0 amide bonds. The lowest BCUT2D eigenvalue weighted by Crippen LogP contribution is -2.16. The number of nitrogens with zero attached hydrogens (tertiary/aromatic N) is 1. The van der Waals surface area contributed by atoms with Crippen LogP contribution < -0.4 is 10.0 Å². The second-order valence-electron chi connectivity index (χ2n) is 4.85. The van der Waals surface area contributed by atoms with E-state index in [1.165, 1.54) is 0 Å². The lowest BCUT2D eigenvalue weighted by atomic mass is 10.1. The Morgan fingerprint density at radius 2 is 1.81 bits per heavy atom. The van der Waals surface area contributed by atoms with Crippen LogP contribution in [-0.4, -0.2) is 20.4 Å². The third kappa shape index (κ3) is 3.59. The summed E-state index contributed by atoms with van der Waals surface area (Å²) in [5.74, 6) is 0.352. The molecule has 1 heterocycles. The number of anilines is 1. The van der Waals surface area contributed by atoms with Crippen molar-refractivity contribution < 1.29 is 8.42 Å². The number of rotatable bonds is 5. The van der Waals surface area contributed by atoms with Gasteiger partial charge in [0.05, 0.1) is 4.90 Å². The summed E-state index contributed by atoms with van der Waals surface area (Å²) in [4.78, 5) is 4.27. The van der Waals surface area contributed by atoms with E-state index >= 15 is 0 Å². The van der Waals surface area contributed by atoms with Crippen molar-refractivity contribution in [1.82, 2.24) is 10.3 Å². The zero-order valence-electron chi connectivity index (χ0n) is 12.3.